The van der Waals surface area contributed by atoms with Gasteiger partial charge in [-0.3, -0.25) is 0 Å². The van der Waals surface area contributed by atoms with E-state index in [0.717, 1.165) is 36.5 Å². The van der Waals surface area contributed by atoms with Crippen LogP contribution in [0, 0.1) is 0 Å². The van der Waals surface area contributed by atoms with E-state index in [4.69, 9.17) is 9.47 Å². The predicted octanol–water partition coefficient (Wildman–Crippen LogP) is 2.69. The molecule has 1 aromatic rings. The zero-order valence-electron chi connectivity index (χ0n) is 12.9. The van der Waals surface area contributed by atoms with E-state index >= 15 is 0 Å². The maximum absolute atomic E-state index is 9.34. The van der Waals surface area contributed by atoms with Crippen molar-refractivity contribution < 1.29 is 14.6 Å². The fourth-order valence-electron chi connectivity index (χ4n) is 2.20. The molecule has 2 rings (SSSR count). The topological polar surface area (TPSA) is 50.7 Å². The second-order valence-electron chi connectivity index (χ2n) is 5.58. The van der Waals surface area contributed by atoms with Crippen LogP contribution in [-0.2, 0) is 0 Å². The molecule has 0 amide bonds. The van der Waals surface area contributed by atoms with Crippen molar-refractivity contribution in [1.82, 2.24) is 5.32 Å². The molecule has 118 valence electrons. The molecule has 0 saturated carbocycles. The zero-order valence-corrected chi connectivity index (χ0v) is 13.7. The number of hydrogen-bond acceptors (Lipinski definition) is 5. The number of benzene rings is 1. The van der Waals surface area contributed by atoms with Gasteiger partial charge in [-0.25, -0.2) is 0 Å². The molecule has 0 fully saturated rings. The fraction of sp³-hybridized carbons (Fsp3) is 0.625. The van der Waals surface area contributed by atoms with E-state index < -0.39 is 0 Å². The van der Waals surface area contributed by atoms with E-state index in [0.29, 0.717) is 13.2 Å². The molecule has 1 aromatic carbocycles. The summed E-state index contributed by atoms with van der Waals surface area (Å²) in [6, 6.07) is 6.13. The van der Waals surface area contributed by atoms with Crippen LogP contribution in [0.1, 0.15) is 26.2 Å². The minimum absolute atomic E-state index is 0.151. The zero-order chi connectivity index (χ0) is 15.1. The number of aliphatic hydroxyl groups excluding tert-OH is 1. The van der Waals surface area contributed by atoms with Crippen molar-refractivity contribution in [3.63, 3.8) is 0 Å². The molecule has 1 heterocycles. The average Bonchev–Trinajstić information content (AvgIpc) is 2.54. The first kappa shape index (κ1) is 16.5. The minimum Gasteiger partial charge on any atom is -0.486 e. The third-order valence-corrected chi connectivity index (χ3v) is 4.94. The smallest absolute Gasteiger partial charge is 0.162 e. The standard InChI is InChI=1S/C16H25NO3S/c1-16(12-18,17-2)7-3-4-10-21-13-5-6-14-15(11-13)20-9-8-19-14/h5-6,11,17-18H,3-4,7-10,12H2,1-2H3. The molecule has 0 bridgehead atoms. The van der Waals surface area contributed by atoms with E-state index in [1.807, 2.05) is 24.9 Å². The van der Waals surface area contributed by atoms with Gasteiger partial charge in [-0.2, -0.15) is 0 Å². The predicted molar refractivity (Wildman–Crippen MR) is 86.6 cm³/mol. The number of thioether (sulfide) groups is 1. The third-order valence-electron chi connectivity index (χ3n) is 3.86. The molecule has 1 aliphatic heterocycles. The molecule has 2 N–H and O–H groups in total. The van der Waals surface area contributed by atoms with Gasteiger partial charge < -0.3 is 19.9 Å². The number of ether oxygens (including phenoxy) is 2. The Morgan fingerprint density at radius 3 is 2.71 bits per heavy atom. The molecule has 4 nitrogen and oxygen atoms in total. The fourth-order valence-corrected chi connectivity index (χ4v) is 3.14. The molecule has 0 saturated heterocycles. The van der Waals surface area contributed by atoms with Crippen molar-refractivity contribution in [2.24, 2.45) is 0 Å². The van der Waals surface area contributed by atoms with Crippen LogP contribution in [0.2, 0.25) is 0 Å². The van der Waals surface area contributed by atoms with Crippen molar-refractivity contribution in [1.29, 1.82) is 0 Å². The van der Waals surface area contributed by atoms with Crippen LogP contribution in [0.4, 0.5) is 0 Å². The van der Waals surface area contributed by atoms with E-state index in [2.05, 4.69) is 24.4 Å². The summed E-state index contributed by atoms with van der Waals surface area (Å²) in [4.78, 5) is 1.22. The second-order valence-corrected chi connectivity index (χ2v) is 6.75. The van der Waals surface area contributed by atoms with Gasteiger partial charge in [0.25, 0.3) is 0 Å². The van der Waals surface area contributed by atoms with Crippen molar-refractivity contribution in [3.8, 4) is 11.5 Å². The quantitative estimate of drug-likeness (QED) is 0.571. The Kier molecular flexibility index (Phi) is 6.21. The lowest BCUT2D eigenvalue weighted by Gasteiger charge is -2.26. The number of aliphatic hydroxyl groups is 1. The van der Waals surface area contributed by atoms with Crippen LogP contribution in [-0.4, -0.2) is 43.3 Å². The van der Waals surface area contributed by atoms with Crippen LogP contribution in [0.15, 0.2) is 23.1 Å². The van der Waals surface area contributed by atoms with Gasteiger partial charge in [0, 0.05) is 10.4 Å². The molecule has 1 unspecified atom stereocenters. The average molecular weight is 311 g/mol. The number of nitrogens with one attached hydrogen (secondary N) is 1. The molecular weight excluding hydrogens is 286 g/mol. The number of rotatable bonds is 8. The highest BCUT2D eigenvalue weighted by molar-refractivity contribution is 7.99. The number of hydrogen-bond donors (Lipinski definition) is 2. The SMILES string of the molecule is CNC(C)(CO)CCCCSc1ccc2c(c1)OCCO2. The lowest BCUT2D eigenvalue weighted by Crippen LogP contribution is -2.43. The van der Waals surface area contributed by atoms with Gasteiger partial charge in [-0.15, -0.1) is 11.8 Å². The summed E-state index contributed by atoms with van der Waals surface area (Å²) in [5.74, 6) is 2.78. The molecule has 0 spiro atoms. The molecule has 0 aliphatic carbocycles. The molecule has 0 aromatic heterocycles. The molecule has 5 heteroatoms. The van der Waals surface area contributed by atoms with E-state index in [1.54, 1.807) is 0 Å². The first-order valence-corrected chi connectivity index (χ1v) is 8.48. The number of unbranched alkanes of at least 4 members (excludes halogenated alkanes) is 1. The normalized spacial score (nSPS) is 16.5. The minimum atomic E-state index is -0.151. The van der Waals surface area contributed by atoms with Crippen molar-refractivity contribution in [2.75, 3.05) is 32.6 Å². The van der Waals surface area contributed by atoms with Crippen LogP contribution >= 0.6 is 11.8 Å². The van der Waals surface area contributed by atoms with Gasteiger partial charge in [0.1, 0.15) is 13.2 Å². The number of fused-ring (bicyclic) bond motifs is 1. The van der Waals surface area contributed by atoms with Gasteiger partial charge in [0.05, 0.1) is 6.61 Å². The van der Waals surface area contributed by atoms with E-state index in [-0.39, 0.29) is 12.1 Å². The van der Waals surface area contributed by atoms with Crippen LogP contribution in [0.5, 0.6) is 11.5 Å². The van der Waals surface area contributed by atoms with Gasteiger partial charge >= 0.3 is 0 Å². The largest absolute Gasteiger partial charge is 0.486 e. The molecule has 21 heavy (non-hydrogen) atoms. The van der Waals surface area contributed by atoms with Gasteiger partial charge in [0.2, 0.25) is 0 Å². The Labute approximate surface area is 131 Å². The lowest BCUT2D eigenvalue weighted by atomic mass is 9.96. The highest BCUT2D eigenvalue weighted by Crippen LogP contribution is 2.34. The summed E-state index contributed by atoms with van der Waals surface area (Å²) >= 11 is 1.84. The van der Waals surface area contributed by atoms with E-state index in [1.165, 1.54) is 4.90 Å². The molecule has 1 atom stereocenters. The molecular formula is C16H25NO3S. The lowest BCUT2D eigenvalue weighted by molar-refractivity contribution is 0.171. The Bertz CT molecular complexity index is 449. The van der Waals surface area contributed by atoms with Crippen LogP contribution in [0.3, 0.4) is 0 Å². The van der Waals surface area contributed by atoms with Gasteiger partial charge in [-0.1, -0.05) is 6.42 Å². The summed E-state index contributed by atoms with van der Waals surface area (Å²) in [6.45, 7) is 3.50. The maximum atomic E-state index is 9.34. The van der Waals surface area contributed by atoms with Crippen molar-refractivity contribution in [2.45, 2.75) is 36.6 Å². The van der Waals surface area contributed by atoms with Crippen molar-refractivity contribution >= 4 is 11.8 Å². The summed E-state index contributed by atoms with van der Waals surface area (Å²) in [5.41, 5.74) is -0.151. The third kappa shape index (κ3) is 4.80. The van der Waals surface area contributed by atoms with Gasteiger partial charge in [0.15, 0.2) is 11.5 Å². The van der Waals surface area contributed by atoms with Crippen molar-refractivity contribution in [3.05, 3.63) is 18.2 Å². The Morgan fingerprint density at radius 2 is 2.00 bits per heavy atom. The molecule has 0 radical (unpaired) electrons. The van der Waals surface area contributed by atoms with E-state index in [9.17, 15) is 5.11 Å². The second kappa shape index (κ2) is 7.92. The van der Waals surface area contributed by atoms with Crippen LogP contribution in [0.25, 0.3) is 0 Å². The maximum Gasteiger partial charge on any atom is 0.162 e. The summed E-state index contributed by atoms with van der Waals surface area (Å²) < 4.78 is 11.1. The number of likely N-dealkylation sites (N-methyl/N-ethyl adjacent to an activating group) is 1. The highest BCUT2D eigenvalue weighted by atomic mass is 32.2. The Balaban J connectivity index is 1.71. The first-order valence-electron chi connectivity index (χ1n) is 7.49. The highest BCUT2D eigenvalue weighted by Gasteiger charge is 2.19. The summed E-state index contributed by atoms with van der Waals surface area (Å²) in [6.07, 6.45) is 3.23. The van der Waals surface area contributed by atoms with Gasteiger partial charge in [-0.05, 0) is 50.8 Å². The summed E-state index contributed by atoms with van der Waals surface area (Å²) in [7, 11) is 1.90. The van der Waals surface area contributed by atoms with Crippen LogP contribution < -0.4 is 14.8 Å². The summed E-state index contributed by atoms with van der Waals surface area (Å²) in [5, 5.41) is 12.5. The monoisotopic (exact) mass is 311 g/mol. The molecule has 1 aliphatic rings. The first-order chi connectivity index (χ1) is 10.2. The Hall–Kier alpha value is -0.910. The Morgan fingerprint density at radius 1 is 1.24 bits per heavy atom.